The molecule has 13 heteroatoms. The molecule has 2 aromatic rings. The van der Waals surface area contributed by atoms with E-state index in [-0.39, 0.29) is 35.6 Å². The van der Waals surface area contributed by atoms with Gasteiger partial charge in [0.1, 0.15) is 11.8 Å². The van der Waals surface area contributed by atoms with Crippen LogP contribution in [0.25, 0.3) is 10.6 Å². The molecule has 2 fully saturated rings. The van der Waals surface area contributed by atoms with Gasteiger partial charge in [-0.15, -0.1) is 15.6 Å². The van der Waals surface area contributed by atoms with Crippen molar-refractivity contribution in [3.8, 4) is 10.6 Å². The van der Waals surface area contributed by atoms with Gasteiger partial charge in [0, 0.05) is 61.6 Å². The molecule has 5 heterocycles. The molecule has 1 amide bonds. The van der Waals surface area contributed by atoms with E-state index in [2.05, 4.69) is 15.3 Å². The maximum atomic E-state index is 14.0. The van der Waals surface area contributed by atoms with E-state index in [1.165, 1.54) is 11.3 Å². The highest BCUT2D eigenvalue weighted by Gasteiger charge is 2.58. The van der Waals surface area contributed by atoms with E-state index in [9.17, 15) is 22.5 Å². The highest BCUT2D eigenvalue weighted by atomic mass is 32.2. The van der Waals surface area contributed by atoms with E-state index >= 15 is 0 Å². The molecule has 2 aromatic heterocycles. The molecule has 0 radical (unpaired) electrons. The molecule has 2 saturated heterocycles. The molecule has 0 aliphatic carbocycles. The van der Waals surface area contributed by atoms with Gasteiger partial charge in [-0.25, -0.2) is 9.97 Å². The van der Waals surface area contributed by atoms with Crippen LogP contribution in [0, 0.1) is 5.92 Å². The zero-order chi connectivity index (χ0) is 26.7. The summed E-state index contributed by atoms with van der Waals surface area (Å²) in [5.41, 5.74) is -1.31. The Morgan fingerprint density at radius 1 is 1.32 bits per heavy atom. The number of fused-ring (bicyclic) bond motifs is 3. The van der Waals surface area contributed by atoms with Gasteiger partial charge in [-0.1, -0.05) is 13.8 Å². The highest BCUT2D eigenvalue weighted by Crippen LogP contribution is 2.56. The second-order valence-electron chi connectivity index (χ2n) is 10.1. The lowest BCUT2D eigenvalue weighted by molar-refractivity contribution is -0.137. The summed E-state index contributed by atoms with van der Waals surface area (Å²) in [6.45, 7) is 5.75. The number of carbonyl (C=O) groups excluding carboxylic acids is 1. The summed E-state index contributed by atoms with van der Waals surface area (Å²) in [4.78, 5) is 24.6. The number of methoxy groups -OCH3 is 1. The second kappa shape index (κ2) is 9.67. The van der Waals surface area contributed by atoms with E-state index in [4.69, 9.17) is 4.74 Å². The summed E-state index contributed by atoms with van der Waals surface area (Å²) < 4.78 is 61.2. The zero-order valence-electron chi connectivity index (χ0n) is 21.1. The average molecular weight is 558 g/mol. The minimum Gasteiger partial charge on any atom is -0.598 e. The molecule has 1 N–H and O–H groups in total. The first-order valence-electron chi connectivity index (χ1n) is 12.2. The molecule has 3 unspecified atom stereocenters. The monoisotopic (exact) mass is 557 g/mol. The van der Waals surface area contributed by atoms with Crippen LogP contribution in [0.2, 0.25) is 0 Å². The normalized spacial score (nSPS) is 25.6. The van der Waals surface area contributed by atoms with Gasteiger partial charge in [-0.2, -0.15) is 13.2 Å². The molecule has 0 saturated carbocycles. The van der Waals surface area contributed by atoms with Crippen molar-refractivity contribution in [3.63, 3.8) is 0 Å². The molecule has 3 aliphatic rings. The third kappa shape index (κ3) is 4.52. The lowest BCUT2D eigenvalue weighted by Crippen LogP contribution is -2.42. The largest absolute Gasteiger partial charge is 0.598 e. The summed E-state index contributed by atoms with van der Waals surface area (Å²) >= 11 is 0.153. The number of hydrogen-bond donors (Lipinski definition) is 1. The molecule has 5 rings (SSSR count). The van der Waals surface area contributed by atoms with Crippen LogP contribution in [-0.4, -0.2) is 74.8 Å². The lowest BCUT2D eigenvalue weighted by atomic mass is 9.83. The van der Waals surface area contributed by atoms with Crippen LogP contribution in [0.5, 0.6) is 0 Å². The number of piperidine rings is 1. The molecular formula is C24H30F3N5O3S2. The maximum Gasteiger partial charge on any atom is 0.420 e. The number of alkyl halides is 3. The number of rotatable bonds is 6. The van der Waals surface area contributed by atoms with Crippen molar-refractivity contribution in [2.75, 3.05) is 38.3 Å². The number of nitrogens with one attached hydrogen (secondary N) is 1. The first-order chi connectivity index (χ1) is 17.5. The first-order valence-corrected chi connectivity index (χ1v) is 14.6. The predicted octanol–water partition coefficient (Wildman–Crippen LogP) is 4.12. The minimum absolute atomic E-state index is 0.0402. The van der Waals surface area contributed by atoms with Gasteiger partial charge in [-0.3, -0.25) is 4.79 Å². The summed E-state index contributed by atoms with van der Waals surface area (Å²) in [6.07, 6.45) is -0.381. The number of nitrogens with zero attached hydrogens (tertiary/aromatic N) is 4. The Morgan fingerprint density at radius 3 is 2.62 bits per heavy atom. The Balaban J connectivity index is 1.50. The molecule has 37 heavy (non-hydrogen) atoms. The van der Waals surface area contributed by atoms with Crippen molar-refractivity contribution >= 4 is 34.6 Å². The Kier molecular flexibility index (Phi) is 6.97. The van der Waals surface area contributed by atoms with Crippen LogP contribution >= 0.6 is 11.3 Å². The Hall–Kier alpha value is -1.93. The number of aromatic nitrogens is 2. The number of ether oxygens (including phenoxy) is 1. The highest BCUT2D eigenvalue weighted by molar-refractivity contribution is 7.88. The van der Waals surface area contributed by atoms with E-state index in [1.54, 1.807) is 19.4 Å². The summed E-state index contributed by atoms with van der Waals surface area (Å²) in [6, 6.07) is 1.52. The van der Waals surface area contributed by atoms with Crippen LogP contribution in [0.3, 0.4) is 0 Å². The first kappa shape index (κ1) is 26.7. The maximum absolute atomic E-state index is 14.0. The van der Waals surface area contributed by atoms with Crippen LogP contribution in [0.1, 0.15) is 53.9 Å². The Bertz CT molecular complexity index is 1180. The standard InChI is InChI=1S/C24H30F3N5O3S2/c1-13(2)23-10-15(35-3)12-32(23)21(33)16-9-18(36-20(16)23)19-17(24(25,26)27)11-28-22(30-19)29-14-5-7-31(8-6-14)37(4)34/h9,11,13-15H,5-8,10,12H2,1-4H3,(H,28,29,30). The van der Waals surface area contributed by atoms with Crippen molar-refractivity contribution in [3.05, 3.63) is 28.3 Å². The van der Waals surface area contributed by atoms with Gasteiger partial charge < -0.3 is 19.5 Å². The van der Waals surface area contributed by atoms with Gasteiger partial charge in [0.2, 0.25) is 5.95 Å². The van der Waals surface area contributed by atoms with Gasteiger partial charge in [0.25, 0.3) is 5.91 Å². The van der Waals surface area contributed by atoms with E-state index in [1.807, 2.05) is 23.1 Å². The van der Waals surface area contributed by atoms with Crippen molar-refractivity contribution in [1.82, 2.24) is 19.2 Å². The Labute approximate surface area is 220 Å². The number of halogens is 3. The van der Waals surface area contributed by atoms with E-state index < -0.39 is 28.6 Å². The lowest BCUT2D eigenvalue weighted by Gasteiger charge is -2.36. The molecule has 3 atom stereocenters. The third-order valence-electron chi connectivity index (χ3n) is 7.77. The number of carbonyl (C=O) groups is 1. The van der Waals surface area contributed by atoms with Crippen molar-refractivity contribution in [2.45, 2.75) is 57.0 Å². The van der Waals surface area contributed by atoms with Gasteiger partial charge in [-0.05, 0) is 24.8 Å². The van der Waals surface area contributed by atoms with Crippen molar-refractivity contribution in [1.29, 1.82) is 0 Å². The van der Waals surface area contributed by atoms with Gasteiger partial charge in [0.15, 0.2) is 0 Å². The van der Waals surface area contributed by atoms with Gasteiger partial charge >= 0.3 is 6.18 Å². The molecule has 3 aliphatic heterocycles. The zero-order valence-corrected chi connectivity index (χ0v) is 22.7. The smallest absolute Gasteiger partial charge is 0.420 e. The van der Waals surface area contributed by atoms with E-state index in [0.717, 1.165) is 11.1 Å². The SMILES string of the molecule is COC1CN2C(=O)c3cc(-c4nc(NC5CCN([S+](C)[O-])CC5)ncc4C(F)(F)F)sc3C2(C(C)C)C1. The van der Waals surface area contributed by atoms with Crippen molar-refractivity contribution in [2.24, 2.45) is 5.92 Å². The number of amides is 1. The molecule has 0 spiro atoms. The molecule has 0 aromatic carbocycles. The quantitative estimate of drug-likeness (QED) is 0.534. The van der Waals surface area contributed by atoms with E-state index in [0.29, 0.717) is 49.3 Å². The number of anilines is 1. The van der Waals surface area contributed by atoms with Crippen LogP contribution in [0.4, 0.5) is 19.1 Å². The summed E-state index contributed by atoms with van der Waals surface area (Å²) in [5.74, 6) is -0.0105. The molecule has 202 valence electrons. The fraction of sp³-hybridized carbons (Fsp3) is 0.625. The number of hydrogen-bond acceptors (Lipinski definition) is 8. The Morgan fingerprint density at radius 2 is 2.03 bits per heavy atom. The van der Waals surface area contributed by atoms with Crippen LogP contribution < -0.4 is 5.32 Å². The average Bonchev–Trinajstić information content (AvgIpc) is 3.50. The third-order valence-corrected chi connectivity index (χ3v) is 10.2. The topological polar surface area (TPSA) is 93.7 Å². The molecule has 0 bridgehead atoms. The fourth-order valence-corrected chi connectivity index (χ4v) is 7.99. The van der Waals surface area contributed by atoms with Crippen LogP contribution in [-0.2, 0) is 27.8 Å². The summed E-state index contributed by atoms with van der Waals surface area (Å²) in [5, 5.41) is 3.16. The fourth-order valence-electron chi connectivity index (χ4n) is 5.76. The van der Waals surface area contributed by atoms with Crippen LogP contribution in [0.15, 0.2) is 12.3 Å². The minimum atomic E-state index is -4.65. The molecular weight excluding hydrogens is 527 g/mol. The molecule has 8 nitrogen and oxygen atoms in total. The second-order valence-corrected chi connectivity index (χ2v) is 12.6. The van der Waals surface area contributed by atoms with Crippen molar-refractivity contribution < 1.29 is 27.3 Å². The number of thiophene rings is 1. The summed E-state index contributed by atoms with van der Waals surface area (Å²) in [7, 11) is 1.61. The van der Waals surface area contributed by atoms with Gasteiger partial charge in [0.05, 0.1) is 27.8 Å². The predicted molar refractivity (Wildman–Crippen MR) is 136 cm³/mol.